The first-order valence-electron chi connectivity index (χ1n) is 6.59. The Kier molecular flexibility index (Phi) is 5.33. The first kappa shape index (κ1) is 14.0. The number of hydrogen-bond donors (Lipinski definition) is 2. The molecule has 1 heterocycles. The fraction of sp³-hybridized carbons (Fsp3) is 0.400. The lowest BCUT2D eigenvalue weighted by Gasteiger charge is -2.10. The molecule has 19 heavy (non-hydrogen) atoms. The number of para-hydroxylation sites is 1. The van der Waals surface area contributed by atoms with Crippen LogP contribution in [-0.4, -0.2) is 30.5 Å². The molecule has 1 aromatic carbocycles. The predicted molar refractivity (Wildman–Crippen MR) is 82.8 cm³/mol. The van der Waals surface area contributed by atoms with Gasteiger partial charge in [0, 0.05) is 42.6 Å². The van der Waals surface area contributed by atoms with E-state index in [2.05, 4.69) is 29.3 Å². The number of rotatable bonds is 7. The second-order valence-electron chi connectivity index (χ2n) is 4.58. The Hall–Kier alpha value is -1.42. The smallest absolute Gasteiger partial charge is 0.220 e. The Morgan fingerprint density at radius 1 is 1.53 bits per heavy atom. The molecule has 1 aromatic rings. The number of carbonyl (C=O) groups excluding carboxylic acids is 1. The Labute approximate surface area is 118 Å². The van der Waals surface area contributed by atoms with Crippen molar-refractivity contribution in [2.75, 3.05) is 29.9 Å². The van der Waals surface area contributed by atoms with Gasteiger partial charge in [-0.05, 0) is 11.6 Å². The summed E-state index contributed by atoms with van der Waals surface area (Å²) in [5.74, 6) is 2.33. The van der Waals surface area contributed by atoms with Crippen molar-refractivity contribution in [1.82, 2.24) is 5.32 Å². The topological polar surface area (TPSA) is 41.1 Å². The number of anilines is 1. The quantitative estimate of drug-likeness (QED) is 0.594. The molecule has 0 saturated heterocycles. The van der Waals surface area contributed by atoms with Gasteiger partial charge in [0.05, 0.1) is 0 Å². The maximum Gasteiger partial charge on any atom is 0.220 e. The second-order valence-corrected chi connectivity index (χ2v) is 5.73. The molecular formula is C15H20N2OS. The third-order valence-electron chi connectivity index (χ3n) is 3.18. The molecular weight excluding hydrogens is 256 g/mol. The molecule has 2 rings (SSSR count). The highest BCUT2D eigenvalue weighted by molar-refractivity contribution is 7.99. The number of hydrogen-bond acceptors (Lipinski definition) is 3. The molecule has 0 aliphatic carbocycles. The molecule has 0 spiro atoms. The van der Waals surface area contributed by atoms with Gasteiger partial charge in [-0.2, -0.15) is 11.8 Å². The van der Waals surface area contributed by atoms with E-state index in [1.54, 1.807) is 11.8 Å². The number of nitrogens with one attached hydrogen (secondary N) is 2. The van der Waals surface area contributed by atoms with Crippen LogP contribution in [0.4, 0.5) is 5.69 Å². The van der Waals surface area contributed by atoms with E-state index in [0.717, 1.165) is 24.6 Å². The number of benzene rings is 1. The molecule has 1 atom stereocenters. The van der Waals surface area contributed by atoms with Gasteiger partial charge in [0.25, 0.3) is 0 Å². The Bertz CT molecular complexity index is 448. The van der Waals surface area contributed by atoms with Crippen LogP contribution in [0.1, 0.15) is 17.9 Å². The number of fused-ring (bicyclic) bond motifs is 1. The lowest BCUT2D eigenvalue weighted by atomic mass is 9.98. The van der Waals surface area contributed by atoms with Crippen LogP contribution in [0.2, 0.25) is 0 Å². The number of carbonyl (C=O) groups is 1. The zero-order valence-electron chi connectivity index (χ0n) is 11.0. The fourth-order valence-electron chi connectivity index (χ4n) is 2.26. The highest BCUT2D eigenvalue weighted by Gasteiger charge is 2.23. The molecule has 0 fully saturated rings. The van der Waals surface area contributed by atoms with E-state index in [1.165, 1.54) is 11.3 Å². The zero-order chi connectivity index (χ0) is 13.5. The molecule has 0 radical (unpaired) electrons. The Morgan fingerprint density at radius 2 is 2.37 bits per heavy atom. The first-order chi connectivity index (χ1) is 9.31. The highest BCUT2D eigenvalue weighted by Crippen LogP contribution is 2.32. The Morgan fingerprint density at radius 3 is 3.21 bits per heavy atom. The SMILES string of the molecule is C=CCSCCNC(=O)CC1CNc2ccccc21. The number of thioether (sulfide) groups is 1. The van der Waals surface area contributed by atoms with Gasteiger partial charge < -0.3 is 10.6 Å². The van der Waals surface area contributed by atoms with Crippen molar-refractivity contribution in [2.24, 2.45) is 0 Å². The summed E-state index contributed by atoms with van der Waals surface area (Å²) < 4.78 is 0. The monoisotopic (exact) mass is 276 g/mol. The van der Waals surface area contributed by atoms with Gasteiger partial charge in [0.2, 0.25) is 5.91 Å². The van der Waals surface area contributed by atoms with Crippen molar-refractivity contribution >= 4 is 23.4 Å². The van der Waals surface area contributed by atoms with Crippen LogP contribution in [0.25, 0.3) is 0 Å². The van der Waals surface area contributed by atoms with E-state index in [0.29, 0.717) is 12.3 Å². The van der Waals surface area contributed by atoms with Crippen molar-refractivity contribution in [2.45, 2.75) is 12.3 Å². The van der Waals surface area contributed by atoms with Crippen molar-refractivity contribution in [3.63, 3.8) is 0 Å². The van der Waals surface area contributed by atoms with Gasteiger partial charge in [0.15, 0.2) is 0 Å². The molecule has 1 aliphatic rings. The third kappa shape index (κ3) is 4.03. The summed E-state index contributed by atoms with van der Waals surface area (Å²) in [6.45, 7) is 5.26. The average molecular weight is 276 g/mol. The summed E-state index contributed by atoms with van der Waals surface area (Å²) in [5, 5.41) is 6.32. The predicted octanol–water partition coefficient (Wildman–Crippen LogP) is 2.62. The van der Waals surface area contributed by atoms with Gasteiger partial charge in [-0.1, -0.05) is 24.3 Å². The van der Waals surface area contributed by atoms with E-state index in [9.17, 15) is 4.79 Å². The molecule has 102 valence electrons. The van der Waals surface area contributed by atoms with Crippen molar-refractivity contribution < 1.29 is 4.79 Å². The molecule has 0 saturated carbocycles. The summed E-state index contributed by atoms with van der Waals surface area (Å²) >= 11 is 1.78. The maximum absolute atomic E-state index is 11.9. The van der Waals surface area contributed by atoms with Crippen LogP contribution in [0, 0.1) is 0 Å². The number of amides is 1. The lowest BCUT2D eigenvalue weighted by Crippen LogP contribution is -2.27. The molecule has 1 amide bonds. The molecule has 2 N–H and O–H groups in total. The third-order valence-corrected chi connectivity index (χ3v) is 4.14. The van der Waals surface area contributed by atoms with Gasteiger partial charge in [-0.15, -0.1) is 6.58 Å². The van der Waals surface area contributed by atoms with Crippen LogP contribution < -0.4 is 10.6 Å². The van der Waals surface area contributed by atoms with E-state index >= 15 is 0 Å². The van der Waals surface area contributed by atoms with Crippen LogP contribution in [0.15, 0.2) is 36.9 Å². The normalized spacial score (nSPS) is 16.5. The first-order valence-corrected chi connectivity index (χ1v) is 7.75. The second kappa shape index (κ2) is 7.24. The molecule has 1 aliphatic heterocycles. The van der Waals surface area contributed by atoms with Crippen LogP contribution in [0.5, 0.6) is 0 Å². The Balaban J connectivity index is 1.73. The standard InChI is InChI=1S/C15H20N2OS/c1-2-8-19-9-7-16-15(18)10-12-11-17-14-6-4-3-5-13(12)14/h2-6,12,17H,1,7-11H2,(H,16,18). The van der Waals surface area contributed by atoms with Crippen LogP contribution >= 0.6 is 11.8 Å². The highest BCUT2D eigenvalue weighted by atomic mass is 32.2. The molecule has 0 bridgehead atoms. The van der Waals surface area contributed by atoms with Gasteiger partial charge in [0.1, 0.15) is 0 Å². The minimum absolute atomic E-state index is 0.141. The van der Waals surface area contributed by atoms with E-state index in [-0.39, 0.29) is 5.91 Å². The molecule has 1 unspecified atom stereocenters. The maximum atomic E-state index is 11.9. The van der Waals surface area contributed by atoms with E-state index < -0.39 is 0 Å². The van der Waals surface area contributed by atoms with Gasteiger partial charge in [-0.25, -0.2) is 0 Å². The van der Waals surface area contributed by atoms with Crippen molar-refractivity contribution in [1.29, 1.82) is 0 Å². The van der Waals surface area contributed by atoms with Gasteiger partial charge in [-0.3, -0.25) is 4.79 Å². The summed E-state index contributed by atoms with van der Waals surface area (Å²) in [6, 6.07) is 8.22. The van der Waals surface area contributed by atoms with E-state index in [1.807, 2.05) is 18.2 Å². The minimum atomic E-state index is 0.141. The molecule has 0 aromatic heterocycles. The summed E-state index contributed by atoms with van der Waals surface area (Å²) in [6.07, 6.45) is 2.45. The molecule has 3 nitrogen and oxygen atoms in total. The van der Waals surface area contributed by atoms with Crippen molar-refractivity contribution in [3.8, 4) is 0 Å². The summed E-state index contributed by atoms with van der Waals surface area (Å²) in [4.78, 5) is 11.9. The largest absolute Gasteiger partial charge is 0.384 e. The van der Waals surface area contributed by atoms with Gasteiger partial charge >= 0.3 is 0 Å². The lowest BCUT2D eigenvalue weighted by molar-refractivity contribution is -0.121. The summed E-state index contributed by atoms with van der Waals surface area (Å²) in [5.41, 5.74) is 2.43. The summed E-state index contributed by atoms with van der Waals surface area (Å²) in [7, 11) is 0. The zero-order valence-corrected chi connectivity index (χ0v) is 11.8. The van der Waals surface area contributed by atoms with Crippen LogP contribution in [0.3, 0.4) is 0 Å². The van der Waals surface area contributed by atoms with Crippen molar-refractivity contribution in [3.05, 3.63) is 42.5 Å². The molecule has 4 heteroatoms. The fourth-order valence-corrected chi connectivity index (χ4v) is 2.84. The minimum Gasteiger partial charge on any atom is -0.384 e. The average Bonchev–Trinajstić information content (AvgIpc) is 2.82. The van der Waals surface area contributed by atoms with Crippen LogP contribution in [-0.2, 0) is 4.79 Å². The van der Waals surface area contributed by atoms with E-state index in [4.69, 9.17) is 0 Å².